The van der Waals surface area contributed by atoms with Crippen LogP contribution in [0.1, 0.15) is 28.3 Å². The van der Waals surface area contributed by atoms with E-state index in [9.17, 15) is 9.59 Å². The third-order valence-electron chi connectivity index (χ3n) is 5.23. The molecule has 0 spiro atoms. The molecule has 0 saturated heterocycles. The van der Waals surface area contributed by atoms with Crippen molar-refractivity contribution in [2.24, 2.45) is 0 Å². The minimum atomic E-state index is -0.580. The molecule has 0 bridgehead atoms. The van der Waals surface area contributed by atoms with Crippen LogP contribution in [0.25, 0.3) is 22.0 Å². The Morgan fingerprint density at radius 2 is 1.68 bits per heavy atom. The molecule has 2 N–H and O–H groups in total. The maximum atomic E-state index is 13.6. The van der Waals surface area contributed by atoms with E-state index in [1.54, 1.807) is 0 Å². The zero-order valence-corrected chi connectivity index (χ0v) is 15.0. The molecule has 4 aromatic rings. The first-order chi connectivity index (χ1) is 13.7. The van der Waals surface area contributed by atoms with E-state index in [1.807, 2.05) is 72.8 Å². The Bertz CT molecular complexity index is 1210. The first-order valence-electron chi connectivity index (χ1n) is 9.18. The van der Waals surface area contributed by atoms with E-state index in [0.29, 0.717) is 11.4 Å². The molecule has 5 rings (SSSR count). The number of nitrogens with zero attached hydrogens (tertiary/aromatic N) is 1. The zero-order chi connectivity index (χ0) is 19.1. The van der Waals surface area contributed by atoms with Crippen LogP contribution < -0.4 is 5.32 Å². The van der Waals surface area contributed by atoms with Crippen LogP contribution in [0.3, 0.4) is 0 Å². The lowest BCUT2D eigenvalue weighted by Gasteiger charge is -2.22. The molecular formula is C23H17N3O2. The maximum absolute atomic E-state index is 13.6. The highest BCUT2D eigenvalue weighted by Crippen LogP contribution is 2.40. The van der Waals surface area contributed by atoms with Crippen molar-refractivity contribution in [2.75, 3.05) is 5.32 Å². The zero-order valence-electron chi connectivity index (χ0n) is 15.0. The number of carbonyl (C=O) groups excluding carboxylic acids is 2. The van der Waals surface area contributed by atoms with Crippen molar-refractivity contribution in [1.29, 1.82) is 0 Å². The molecule has 3 aromatic carbocycles. The molecule has 1 amide bonds. The lowest BCUT2D eigenvalue weighted by molar-refractivity contribution is -0.116. The lowest BCUT2D eigenvalue weighted by atomic mass is 9.83. The van der Waals surface area contributed by atoms with Gasteiger partial charge in [-0.2, -0.15) is 5.10 Å². The summed E-state index contributed by atoms with van der Waals surface area (Å²) < 4.78 is 0. The van der Waals surface area contributed by atoms with E-state index in [2.05, 4.69) is 15.5 Å². The van der Waals surface area contributed by atoms with Crippen LogP contribution in [0.4, 0.5) is 5.82 Å². The Labute approximate surface area is 161 Å². The number of aromatic amines is 1. The molecule has 136 valence electrons. The minimum absolute atomic E-state index is 0.0634. The van der Waals surface area contributed by atoms with Crippen molar-refractivity contribution in [1.82, 2.24) is 10.2 Å². The van der Waals surface area contributed by atoms with E-state index in [-0.39, 0.29) is 18.1 Å². The Morgan fingerprint density at radius 3 is 2.54 bits per heavy atom. The van der Waals surface area contributed by atoms with Gasteiger partial charge in [0.15, 0.2) is 11.6 Å². The van der Waals surface area contributed by atoms with Gasteiger partial charge < -0.3 is 5.32 Å². The Kier molecular flexibility index (Phi) is 3.79. The summed E-state index contributed by atoms with van der Waals surface area (Å²) in [5.41, 5.74) is 3.09. The minimum Gasteiger partial charge on any atom is -0.309 e. The molecule has 1 aliphatic heterocycles. The molecule has 1 aromatic heterocycles. The fourth-order valence-electron chi connectivity index (χ4n) is 3.93. The molecule has 28 heavy (non-hydrogen) atoms. The van der Waals surface area contributed by atoms with Crippen LogP contribution in [0.5, 0.6) is 0 Å². The van der Waals surface area contributed by atoms with Gasteiger partial charge in [-0.3, -0.25) is 14.7 Å². The summed E-state index contributed by atoms with van der Waals surface area (Å²) in [6.45, 7) is 0. The van der Waals surface area contributed by atoms with Gasteiger partial charge in [0.05, 0.1) is 11.6 Å². The van der Waals surface area contributed by atoms with Crippen molar-refractivity contribution < 1.29 is 9.59 Å². The quantitative estimate of drug-likeness (QED) is 0.522. The number of carbonyl (C=O) groups is 2. The van der Waals surface area contributed by atoms with Crippen molar-refractivity contribution in [3.63, 3.8) is 0 Å². The second-order valence-electron chi connectivity index (χ2n) is 6.92. The van der Waals surface area contributed by atoms with Crippen molar-refractivity contribution in [3.05, 3.63) is 83.9 Å². The summed E-state index contributed by atoms with van der Waals surface area (Å²) >= 11 is 0. The van der Waals surface area contributed by atoms with Gasteiger partial charge in [-0.1, -0.05) is 72.8 Å². The van der Waals surface area contributed by atoms with Gasteiger partial charge >= 0.3 is 0 Å². The highest BCUT2D eigenvalue weighted by Gasteiger charge is 2.36. The average Bonchev–Trinajstić information content (AvgIpc) is 3.16. The summed E-state index contributed by atoms with van der Waals surface area (Å²) in [5.74, 6) is -0.402. The van der Waals surface area contributed by atoms with E-state index in [0.717, 1.165) is 27.6 Å². The SMILES string of the molecule is O=C1CC(C(=O)c2cccc3ccccc23)c2c(n[nH]c2-c2ccccc2)N1. The van der Waals surface area contributed by atoms with Crippen LogP contribution >= 0.6 is 0 Å². The van der Waals surface area contributed by atoms with Gasteiger partial charge in [-0.15, -0.1) is 0 Å². The average molecular weight is 367 g/mol. The number of benzene rings is 3. The summed E-state index contributed by atoms with van der Waals surface area (Å²) in [6, 6.07) is 23.2. The second kappa shape index (κ2) is 6.46. The number of nitrogens with one attached hydrogen (secondary N) is 2. The summed E-state index contributed by atoms with van der Waals surface area (Å²) in [4.78, 5) is 25.8. The second-order valence-corrected chi connectivity index (χ2v) is 6.92. The predicted octanol–water partition coefficient (Wildman–Crippen LogP) is 4.54. The first-order valence-corrected chi connectivity index (χ1v) is 9.18. The van der Waals surface area contributed by atoms with Gasteiger partial charge in [0, 0.05) is 17.5 Å². The molecule has 1 unspecified atom stereocenters. The topological polar surface area (TPSA) is 74.8 Å². The third kappa shape index (κ3) is 2.60. The number of aromatic nitrogens is 2. The van der Waals surface area contributed by atoms with Crippen molar-refractivity contribution in [3.8, 4) is 11.3 Å². The molecular weight excluding hydrogens is 350 g/mol. The van der Waals surface area contributed by atoms with Crippen LogP contribution in [0.15, 0.2) is 72.8 Å². The van der Waals surface area contributed by atoms with Crippen molar-refractivity contribution >= 4 is 28.3 Å². The van der Waals surface area contributed by atoms with Gasteiger partial charge in [0.25, 0.3) is 0 Å². The van der Waals surface area contributed by atoms with Crippen LogP contribution in [-0.2, 0) is 4.79 Å². The van der Waals surface area contributed by atoms with E-state index < -0.39 is 5.92 Å². The summed E-state index contributed by atoms with van der Waals surface area (Å²) in [6.07, 6.45) is 0.106. The van der Waals surface area contributed by atoms with E-state index in [4.69, 9.17) is 0 Å². The maximum Gasteiger partial charge on any atom is 0.226 e. The number of ketones is 1. The highest BCUT2D eigenvalue weighted by molar-refractivity contribution is 6.14. The highest BCUT2D eigenvalue weighted by atomic mass is 16.2. The smallest absolute Gasteiger partial charge is 0.226 e. The molecule has 5 heteroatoms. The first kappa shape index (κ1) is 16.4. The number of Topliss-reactive ketones (excluding diaryl/α,β-unsaturated/α-hetero) is 1. The van der Waals surface area contributed by atoms with Gasteiger partial charge in [0.2, 0.25) is 5.91 Å². The summed E-state index contributed by atoms with van der Waals surface area (Å²) in [7, 11) is 0. The molecule has 2 heterocycles. The normalized spacial score (nSPS) is 15.9. The van der Waals surface area contributed by atoms with Crippen LogP contribution in [0.2, 0.25) is 0 Å². The number of hydrogen-bond donors (Lipinski definition) is 2. The van der Waals surface area contributed by atoms with E-state index in [1.165, 1.54) is 0 Å². The molecule has 0 radical (unpaired) electrons. The largest absolute Gasteiger partial charge is 0.309 e. The number of H-pyrrole nitrogens is 1. The fourth-order valence-corrected chi connectivity index (χ4v) is 3.93. The number of hydrogen-bond acceptors (Lipinski definition) is 3. The molecule has 1 aliphatic rings. The Hall–Kier alpha value is -3.73. The standard InChI is InChI=1S/C23H17N3O2/c27-19-13-18(22(28)17-12-6-10-14-7-4-5-11-16(14)17)20-21(25-26-23(20)24-19)15-8-2-1-3-9-15/h1-12,18H,13H2,(H2,24,25,26,27). The number of fused-ring (bicyclic) bond motifs is 2. The monoisotopic (exact) mass is 367 g/mol. The van der Waals surface area contributed by atoms with Gasteiger partial charge in [-0.25, -0.2) is 0 Å². The van der Waals surface area contributed by atoms with Crippen molar-refractivity contribution in [2.45, 2.75) is 12.3 Å². The van der Waals surface area contributed by atoms with Crippen LogP contribution in [-0.4, -0.2) is 21.9 Å². The molecule has 0 aliphatic carbocycles. The number of anilines is 1. The fraction of sp³-hybridized carbons (Fsp3) is 0.0870. The Morgan fingerprint density at radius 1 is 0.929 bits per heavy atom. The van der Waals surface area contributed by atoms with Gasteiger partial charge in [0.1, 0.15) is 0 Å². The third-order valence-corrected chi connectivity index (χ3v) is 5.23. The molecule has 0 saturated carbocycles. The van der Waals surface area contributed by atoms with E-state index >= 15 is 0 Å². The Balaban J connectivity index is 1.66. The van der Waals surface area contributed by atoms with Gasteiger partial charge in [-0.05, 0) is 16.3 Å². The lowest BCUT2D eigenvalue weighted by Crippen LogP contribution is -2.27. The molecule has 5 nitrogen and oxygen atoms in total. The molecule has 1 atom stereocenters. The number of rotatable bonds is 3. The summed E-state index contributed by atoms with van der Waals surface area (Å²) in [5, 5.41) is 12.0. The number of amides is 1. The van der Waals surface area contributed by atoms with Crippen LogP contribution in [0, 0.1) is 0 Å². The molecule has 0 fully saturated rings. The predicted molar refractivity (Wildman–Crippen MR) is 108 cm³/mol.